The molecule has 0 spiro atoms. The molecule has 140 valence electrons. The molecule has 0 N–H and O–H groups in total. The Kier molecular flexibility index (Phi) is 3.95. The lowest BCUT2D eigenvalue weighted by atomic mass is 10.0. The van der Waals surface area contributed by atoms with Crippen LogP contribution in [0.5, 0.6) is 0 Å². The highest BCUT2D eigenvalue weighted by molar-refractivity contribution is 5.69. The van der Waals surface area contributed by atoms with Crippen LogP contribution < -0.4 is 9.80 Å². The minimum Gasteiger partial charge on any atom is -0.353 e. The van der Waals surface area contributed by atoms with Gasteiger partial charge in [-0.2, -0.15) is 5.10 Å². The van der Waals surface area contributed by atoms with E-state index in [4.69, 9.17) is 10.1 Å². The lowest BCUT2D eigenvalue weighted by Gasteiger charge is -2.38. The second-order valence-corrected chi connectivity index (χ2v) is 7.84. The first kappa shape index (κ1) is 16.5. The molecule has 0 bridgehead atoms. The largest absolute Gasteiger partial charge is 0.353 e. The number of fused-ring (bicyclic) bond motifs is 1. The summed E-state index contributed by atoms with van der Waals surface area (Å²) in [7, 11) is 2.09. The van der Waals surface area contributed by atoms with Gasteiger partial charge in [0.05, 0.1) is 5.69 Å². The average molecular weight is 363 g/mol. The Bertz CT molecular complexity index is 945. The van der Waals surface area contributed by atoms with E-state index in [1.165, 1.54) is 18.5 Å². The van der Waals surface area contributed by atoms with Crippen LogP contribution in [0.1, 0.15) is 42.9 Å². The fraction of sp³-hybridized carbons (Fsp3) is 0.500. The van der Waals surface area contributed by atoms with Gasteiger partial charge in [0, 0.05) is 56.9 Å². The molecular formula is C20H25N7. The molecule has 2 aliphatic rings. The Morgan fingerprint density at radius 1 is 1.11 bits per heavy atom. The van der Waals surface area contributed by atoms with Crippen LogP contribution in [0, 0.1) is 6.92 Å². The molecule has 5 rings (SSSR count). The Hall–Kier alpha value is -2.70. The molecule has 0 aromatic carbocycles. The van der Waals surface area contributed by atoms with E-state index in [9.17, 15) is 0 Å². The van der Waals surface area contributed by atoms with E-state index in [0.29, 0.717) is 12.0 Å². The summed E-state index contributed by atoms with van der Waals surface area (Å²) < 4.78 is 1.99. The summed E-state index contributed by atoms with van der Waals surface area (Å²) in [6, 6.07) is 2.60. The van der Waals surface area contributed by atoms with Gasteiger partial charge in [0.2, 0.25) is 5.95 Å². The molecule has 3 aromatic heterocycles. The molecule has 1 unspecified atom stereocenters. The highest BCUT2D eigenvalue weighted by Gasteiger charge is 2.29. The van der Waals surface area contributed by atoms with Crippen molar-refractivity contribution in [2.45, 2.75) is 44.6 Å². The van der Waals surface area contributed by atoms with Crippen molar-refractivity contribution in [1.82, 2.24) is 24.6 Å². The van der Waals surface area contributed by atoms with Gasteiger partial charge in [-0.25, -0.2) is 19.5 Å². The molecule has 3 aromatic rings. The van der Waals surface area contributed by atoms with Crippen molar-refractivity contribution in [2.75, 3.05) is 29.9 Å². The summed E-state index contributed by atoms with van der Waals surface area (Å²) in [6.07, 6.45) is 12.4. The molecule has 0 amide bonds. The number of hydrogen-bond acceptors (Lipinski definition) is 6. The van der Waals surface area contributed by atoms with E-state index in [0.717, 1.165) is 48.8 Å². The average Bonchev–Trinajstić information content (AvgIpc) is 3.46. The standard InChI is InChI=1S/C20H25N7/c1-14-11-22-20(23-12-14)25(2)16-4-3-8-26(13-16)19-18-10-17(15-5-6-15)24-27(18)9-7-21-19/h7,9-12,15-16H,3-6,8,13H2,1-2H3. The SMILES string of the molecule is Cc1cnc(N(C)C2CCCN(c3nccn4nc(C5CC5)cc34)C2)nc1. The van der Waals surface area contributed by atoms with Gasteiger partial charge in [0.15, 0.2) is 5.82 Å². The number of hydrogen-bond donors (Lipinski definition) is 0. The number of aromatic nitrogens is 5. The first-order chi connectivity index (χ1) is 13.2. The van der Waals surface area contributed by atoms with Crippen molar-refractivity contribution >= 4 is 17.3 Å². The fourth-order valence-corrected chi connectivity index (χ4v) is 3.94. The maximum Gasteiger partial charge on any atom is 0.225 e. The van der Waals surface area contributed by atoms with Crippen LogP contribution in [0.25, 0.3) is 5.52 Å². The smallest absolute Gasteiger partial charge is 0.225 e. The Balaban J connectivity index is 1.40. The van der Waals surface area contributed by atoms with Crippen molar-refractivity contribution in [1.29, 1.82) is 0 Å². The molecule has 2 fully saturated rings. The van der Waals surface area contributed by atoms with Crippen LogP contribution in [-0.4, -0.2) is 50.7 Å². The van der Waals surface area contributed by atoms with Crippen molar-refractivity contribution in [3.63, 3.8) is 0 Å². The second kappa shape index (κ2) is 6.48. The number of piperidine rings is 1. The Morgan fingerprint density at radius 3 is 2.70 bits per heavy atom. The number of nitrogens with zero attached hydrogens (tertiary/aromatic N) is 7. The fourth-order valence-electron chi connectivity index (χ4n) is 3.94. The predicted octanol–water partition coefficient (Wildman–Crippen LogP) is 2.81. The summed E-state index contributed by atoms with van der Waals surface area (Å²) >= 11 is 0. The highest BCUT2D eigenvalue weighted by atomic mass is 15.3. The molecule has 7 heteroatoms. The van der Waals surface area contributed by atoms with Gasteiger partial charge in [-0.05, 0) is 44.2 Å². The third kappa shape index (κ3) is 3.11. The number of aryl methyl sites for hydroxylation is 1. The van der Waals surface area contributed by atoms with E-state index in [2.05, 4.69) is 32.9 Å². The topological polar surface area (TPSA) is 62.5 Å². The summed E-state index contributed by atoms with van der Waals surface area (Å²) in [5.41, 5.74) is 3.41. The number of likely N-dealkylation sites (N-methyl/N-ethyl adjacent to an activating group) is 1. The van der Waals surface area contributed by atoms with Gasteiger partial charge in [0.1, 0.15) is 5.52 Å². The van der Waals surface area contributed by atoms with E-state index in [-0.39, 0.29) is 0 Å². The maximum atomic E-state index is 4.76. The predicted molar refractivity (Wildman–Crippen MR) is 105 cm³/mol. The third-order valence-corrected chi connectivity index (χ3v) is 5.71. The lowest BCUT2D eigenvalue weighted by Crippen LogP contribution is -2.47. The van der Waals surface area contributed by atoms with Crippen LogP contribution in [0.2, 0.25) is 0 Å². The van der Waals surface area contributed by atoms with Gasteiger partial charge in [-0.3, -0.25) is 0 Å². The molecule has 0 radical (unpaired) electrons. The van der Waals surface area contributed by atoms with Crippen molar-refractivity contribution in [3.8, 4) is 0 Å². The summed E-state index contributed by atoms with van der Waals surface area (Å²) in [4.78, 5) is 18.3. The molecule has 1 atom stereocenters. The minimum atomic E-state index is 0.370. The van der Waals surface area contributed by atoms with E-state index in [1.807, 2.05) is 36.2 Å². The first-order valence-corrected chi connectivity index (χ1v) is 9.80. The summed E-state index contributed by atoms with van der Waals surface area (Å²) in [5.74, 6) is 2.48. The van der Waals surface area contributed by atoms with E-state index < -0.39 is 0 Å². The van der Waals surface area contributed by atoms with Crippen LogP contribution >= 0.6 is 0 Å². The number of rotatable bonds is 4. The monoisotopic (exact) mass is 363 g/mol. The zero-order chi connectivity index (χ0) is 18.4. The van der Waals surface area contributed by atoms with E-state index in [1.54, 1.807) is 0 Å². The zero-order valence-corrected chi connectivity index (χ0v) is 15.9. The highest BCUT2D eigenvalue weighted by Crippen LogP contribution is 2.40. The van der Waals surface area contributed by atoms with Gasteiger partial charge < -0.3 is 9.80 Å². The lowest BCUT2D eigenvalue weighted by molar-refractivity contribution is 0.481. The van der Waals surface area contributed by atoms with Crippen LogP contribution in [0.15, 0.2) is 30.9 Å². The molecule has 1 aliphatic carbocycles. The third-order valence-electron chi connectivity index (χ3n) is 5.71. The maximum absolute atomic E-state index is 4.76. The molecule has 1 aliphatic heterocycles. The van der Waals surface area contributed by atoms with Gasteiger partial charge in [-0.15, -0.1) is 0 Å². The molecule has 27 heavy (non-hydrogen) atoms. The van der Waals surface area contributed by atoms with Crippen LogP contribution in [-0.2, 0) is 0 Å². The summed E-state index contributed by atoms with van der Waals surface area (Å²) in [5, 5.41) is 4.76. The van der Waals surface area contributed by atoms with Crippen molar-refractivity contribution in [3.05, 3.63) is 42.1 Å². The minimum absolute atomic E-state index is 0.370. The van der Waals surface area contributed by atoms with E-state index >= 15 is 0 Å². The Labute approximate surface area is 159 Å². The summed E-state index contributed by atoms with van der Waals surface area (Å²) in [6.45, 7) is 3.96. The van der Waals surface area contributed by atoms with Crippen LogP contribution in [0.3, 0.4) is 0 Å². The van der Waals surface area contributed by atoms with Crippen LogP contribution in [0.4, 0.5) is 11.8 Å². The zero-order valence-electron chi connectivity index (χ0n) is 15.9. The van der Waals surface area contributed by atoms with Gasteiger partial charge in [-0.1, -0.05) is 0 Å². The normalized spacial score (nSPS) is 20.2. The van der Waals surface area contributed by atoms with Crippen molar-refractivity contribution in [2.24, 2.45) is 0 Å². The van der Waals surface area contributed by atoms with Crippen molar-refractivity contribution < 1.29 is 0 Å². The molecule has 4 heterocycles. The quantitative estimate of drug-likeness (QED) is 0.710. The van der Waals surface area contributed by atoms with Gasteiger partial charge >= 0.3 is 0 Å². The Morgan fingerprint density at radius 2 is 1.93 bits per heavy atom. The first-order valence-electron chi connectivity index (χ1n) is 9.80. The number of anilines is 2. The molecule has 1 saturated heterocycles. The van der Waals surface area contributed by atoms with Gasteiger partial charge in [0.25, 0.3) is 0 Å². The second-order valence-electron chi connectivity index (χ2n) is 7.84. The molecule has 1 saturated carbocycles. The molecule has 7 nitrogen and oxygen atoms in total. The molecular weight excluding hydrogens is 338 g/mol.